The number of aromatic carboxylic acids is 1. The van der Waals surface area contributed by atoms with Gasteiger partial charge in [0.15, 0.2) is 5.82 Å². The third kappa shape index (κ3) is 3.26. The highest BCUT2D eigenvalue weighted by atomic mass is 35.5. The van der Waals surface area contributed by atoms with Gasteiger partial charge in [0.2, 0.25) is 0 Å². The molecule has 0 radical (unpaired) electrons. The van der Waals surface area contributed by atoms with Gasteiger partial charge in [-0.2, -0.15) is 5.10 Å². The highest BCUT2D eigenvalue weighted by Gasteiger charge is 2.20. The number of rotatable bonds is 5. The van der Waals surface area contributed by atoms with Crippen molar-refractivity contribution >= 4 is 28.9 Å². The van der Waals surface area contributed by atoms with Crippen molar-refractivity contribution in [2.45, 2.75) is 6.54 Å². The van der Waals surface area contributed by atoms with Gasteiger partial charge in [0, 0.05) is 19.2 Å². The van der Waals surface area contributed by atoms with Crippen LogP contribution < -0.4 is 5.32 Å². The maximum atomic E-state index is 11.2. The van der Waals surface area contributed by atoms with Gasteiger partial charge in [0.1, 0.15) is 6.33 Å². The van der Waals surface area contributed by atoms with E-state index in [4.69, 9.17) is 16.7 Å². The lowest BCUT2D eigenvalue weighted by molar-refractivity contribution is -0.384. The van der Waals surface area contributed by atoms with Crippen LogP contribution in [0, 0.1) is 10.1 Å². The fourth-order valence-corrected chi connectivity index (χ4v) is 1.96. The van der Waals surface area contributed by atoms with E-state index < -0.39 is 10.9 Å². The normalized spacial score (nSPS) is 10.4. The van der Waals surface area contributed by atoms with Crippen LogP contribution in [0.1, 0.15) is 16.2 Å². The van der Waals surface area contributed by atoms with E-state index in [0.29, 0.717) is 5.82 Å². The van der Waals surface area contributed by atoms with Gasteiger partial charge in [0.05, 0.1) is 27.7 Å². The maximum Gasteiger partial charge on any atom is 0.338 e. The number of carboxylic acid groups (broad SMARTS) is 1. The molecule has 9 nitrogen and oxygen atoms in total. The largest absolute Gasteiger partial charge is 0.478 e. The number of non-ortho nitro benzene ring substituents is 1. The van der Waals surface area contributed by atoms with E-state index in [2.05, 4.69) is 15.4 Å². The van der Waals surface area contributed by atoms with E-state index in [1.54, 1.807) is 7.05 Å². The minimum atomic E-state index is -1.32. The van der Waals surface area contributed by atoms with E-state index in [0.717, 1.165) is 12.1 Å². The lowest BCUT2D eigenvalue weighted by atomic mass is 10.1. The number of carbonyl (C=O) groups is 1. The molecule has 110 valence electrons. The summed E-state index contributed by atoms with van der Waals surface area (Å²) in [6, 6.07) is 2.03. The number of nitrogens with zero attached hydrogens (tertiary/aromatic N) is 4. The van der Waals surface area contributed by atoms with Gasteiger partial charge in [-0.15, -0.1) is 0 Å². The molecule has 0 spiro atoms. The lowest BCUT2D eigenvalue weighted by Crippen LogP contribution is -2.09. The average Bonchev–Trinajstić information content (AvgIpc) is 2.82. The Morgan fingerprint density at radius 3 is 2.81 bits per heavy atom. The van der Waals surface area contributed by atoms with Crippen LogP contribution in [0.2, 0.25) is 5.02 Å². The van der Waals surface area contributed by atoms with Crippen LogP contribution in [-0.4, -0.2) is 30.8 Å². The molecule has 1 aromatic carbocycles. The number of carboxylic acids is 1. The molecule has 21 heavy (non-hydrogen) atoms. The summed E-state index contributed by atoms with van der Waals surface area (Å²) in [5, 5.41) is 26.6. The lowest BCUT2D eigenvalue weighted by Gasteiger charge is -2.10. The first-order valence-corrected chi connectivity index (χ1v) is 6.06. The molecule has 2 N–H and O–H groups in total. The third-order valence-corrected chi connectivity index (χ3v) is 2.88. The topological polar surface area (TPSA) is 123 Å². The van der Waals surface area contributed by atoms with Crippen molar-refractivity contribution in [2.24, 2.45) is 7.05 Å². The second-order valence-electron chi connectivity index (χ2n) is 4.10. The number of anilines is 1. The highest BCUT2D eigenvalue weighted by Crippen LogP contribution is 2.31. The van der Waals surface area contributed by atoms with Crippen molar-refractivity contribution in [3.8, 4) is 0 Å². The maximum absolute atomic E-state index is 11.2. The first kappa shape index (κ1) is 14.7. The zero-order valence-corrected chi connectivity index (χ0v) is 11.5. The van der Waals surface area contributed by atoms with E-state index >= 15 is 0 Å². The molecule has 0 saturated heterocycles. The number of aryl methyl sites for hydroxylation is 1. The fraction of sp³-hybridized carbons (Fsp3) is 0.182. The standard InChI is InChI=1S/C11H10ClN5O4/c1-16-5-14-9(15-16)4-13-10-7(11(18)19)2-6(17(20)21)3-8(10)12/h2-3,5,13H,4H2,1H3,(H,18,19). The minimum absolute atomic E-state index is 0.0578. The summed E-state index contributed by atoms with van der Waals surface area (Å²) < 4.78 is 1.49. The summed E-state index contributed by atoms with van der Waals surface area (Å²) in [4.78, 5) is 25.2. The molecule has 0 amide bonds. The summed E-state index contributed by atoms with van der Waals surface area (Å²) in [5.74, 6) is -0.889. The highest BCUT2D eigenvalue weighted by molar-refractivity contribution is 6.34. The quantitative estimate of drug-likeness (QED) is 0.636. The summed E-state index contributed by atoms with van der Waals surface area (Å²) in [6.45, 7) is 0.138. The Kier molecular flexibility index (Phi) is 4.03. The van der Waals surface area contributed by atoms with E-state index in [-0.39, 0.29) is 28.5 Å². The Morgan fingerprint density at radius 2 is 2.29 bits per heavy atom. The number of nitro groups is 1. The molecule has 1 aromatic heterocycles. The van der Waals surface area contributed by atoms with E-state index in [1.807, 2.05) is 0 Å². The van der Waals surface area contributed by atoms with Crippen molar-refractivity contribution in [2.75, 3.05) is 5.32 Å². The van der Waals surface area contributed by atoms with E-state index in [1.165, 1.54) is 11.0 Å². The molecule has 0 fully saturated rings. The van der Waals surface area contributed by atoms with Crippen molar-refractivity contribution < 1.29 is 14.8 Å². The van der Waals surface area contributed by atoms with Crippen LogP contribution >= 0.6 is 11.6 Å². The van der Waals surface area contributed by atoms with Crippen LogP contribution in [0.4, 0.5) is 11.4 Å². The second kappa shape index (κ2) is 5.75. The van der Waals surface area contributed by atoms with Gasteiger partial charge in [-0.25, -0.2) is 9.78 Å². The molecule has 10 heteroatoms. The summed E-state index contributed by atoms with van der Waals surface area (Å²) in [5.41, 5.74) is -0.591. The number of hydrogen-bond acceptors (Lipinski definition) is 6. The second-order valence-corrected chi connectivity index (χ2v) is 4.51. The van der Waals surface area contributed by atoms with Gasteiger partial charge in [-0.3, -0.25) is 14.8 Å². The number of halogens is 1. The van der Waals surface area contributed by atoms with Crippen LogP contribution in [-0.2, 0) is 13.6 Å². The van der Waals surface area contributed by atoms with Crippen LogP contribution in [0.25, 0.3) is 0 Å². The predicted octanol–water partition coefficient (Wildman–Crippen LogP) is 1.69. The molecule has 0 atom stereocenters. The SMILES string of the molecule is Cn1cnc(CNc2c(Cl)cc([N+](=O)[O-])cc2C(=O)O)n1. The Morgan fingerprint density at radius 1 is 1.57 bits per heavy atom. The van der Waals surface area contributed by atoms with Crippen molar-refractivity contribution in [3.63, 3.8) is 0 Å². The smallest absolute Gasteiger partial charge is 0.338 e. The Balaban J connectivity index is 2.33. The molecule has 0 aliphatic heterocycles. The number of aromatic nitrogens is 3. The Labute approximate surface area is 123 Å². The first-order valence-electron chi connectivity index (χ1n) is 5.68. The molecule has 0 aliphatic carbocycles. The van der Waals surface area contributed by atoms with Gasteiger partial charge in [0.25, 0.3) is 5.69 Å². The number of nitrogens with one attached hydrogen (secondary N) is 1. The van der Waals surface area contributed by atoms with Gasteiger partial charge in [-0.05, 0) is 0 Å². The van der Waals surface area contributed by atoms with Gasteiger partial charge in [-0.1, -0.05) is 11.6 Å². The Hall–Kier alpha value is -2.68. The molecular formula is C11H10ClN5O4. The minimum Gasteiger partial charge on any atom is -0.478 e. The van der Waals surface area contributed by atoms with Crippen LogP contribution in [0.3, 0.4) is 0 Å². The molecule has 0 unspecified atom stereocenters. The molecule has 2 aromatic rings. The number of nitro benzene ring substituents is 1. The molecule has 0 aliphatic rings. The molecule has 0 saturated carbocycles. The van der Waals surface area contributed by atoms with Gasteiger partial charge < -0.3 is 10.4 Å². The van der Waals surface area contributed by atoms with Crippen LogP contribution in [0.15, 0.2) is 18.5 Å². The summed E-state index contributed by atoms with van der Waals surface area (Å²) in [6.07, 6.45) is 1.49. The third-order valence-electron chi connectivity index (χ3n) is 2.59. The van der Waals surface area contributed by atoms with Crippen LogP contribution in [0.5, 0.6) is 0 Å². The zero-order chi connectivity index (χ0) is 15.6. The molecule has 0 bridgehead atoms. The Bertz CT molecular complexity index is 715. The average molecular weight is 312 g/mol. The van der Waals surface area contributed by atoms with E-state index in [9.17, 15) is 14.9 Å². The van der Waals surface area contributed by atoms with Crippen molar-refractivity contribution in [1.29, 1.82) is 0 Å². The molecule has 1 heterocycles. The number of benzene rings is 1. The number of hydrogen-bond donors (Lipinski definition) is 2. The fourth-order valence-electron chi connectivity index (χ4n) is 1.68. The first-order chi connectivity index (χ1) is 9.88. The monoisotopic (exact) mass is 311 g/mol. The van der Waals surface area contributed by atoms with Crippen molar-refractivity contribution in [3.05, 3.63) is 45.0 Å². The molecular weight excluding hydrogens is 302 g/mol. The van der Waals surface area contributed by atoms with Crippen molar-refractivity contribution in [1.82, 2.24) is 14.8 Å². The summed E-state index contributed by atoms with van der Waals surface area (Å²) >= 11 is 5.92. The van der Waals surface area contributed by atoms with Gasteiger partial charge >= 0.3 is 5.97 Å². The zero-order valence-electron chi connectivity index (χ0n) is 10.8. The molecule has 2 rings (SSSR count). The summed E-state index contributed by atoms with van der Waals surface area (Å²) in [7, 11) is 1.69. The predicted molar refractivity (Wildman–Crippen MR) is 73.4 cm³/mol.